The number of carbonyl (C=O) groups is 1. The van der Waals surface area contributed by atoms with E-state index in [0.717, 1.165) is 17.9 Å². The summed E-state index contributed by atoms with van der Waals surface area (Å²) >= 11 is 8.23. The second-order valence-electron chi connectivity index (χ2n) is 3.78. The van der Waals surface area contributed by atoms with Crippen LogP contribution in [0, 0.1) is 6.92 Å². The second-order valence-corrected chi connectivity index (χ2v) is 5.67. The van der Waals surface area contributed by atoms with Crippen LogP contribution in [0.1, 0.15) is 18.3 Å². The van der Waals surface area contributed by atoms with Crippen molar-refractivity contribution in [3.8, 4) is 0 Å². The average molecular weight is 386 g/mol. The van der Waals surface area contributed by atoms with Gasteiger partial charge in [0, 0.05) is 19.6 Å². The number of halogens is 2. The number of aromatic nitrogens is 2. The standard InChI is InChI=1S/C11H17ClIN3O2/c1-4-16-9(10(12)7(2)15-16)6-14-5-8(13)11(17)18-3/h8,14H,4-6H2,1-3H3. The van der Waals surface area contributed by atoms with Crippen LogP contribution in [0.3, 0.4) is 0 Å². The number of hydrogen-bond donors (Lipinski definition) is 1. The molecule has 1 aromatic rings. The average Bonchev–Trinajstić information content (AvgIpc) is 2.65. The minimum atomic E-state index is -0.227. The van der Waals surface area contributed by atoms with Crippen LogP contribution >= 0.6 is 34.2 Å². The van der Waals surface area contributed by atoms with E-state index in [2.05, 4.69) is 15.2 Å². The maximum Gasteiger partial charge on any atom is 0.319 e. The van der Waals surface area contributed by atoms with Crippen molar-refractivity contribution in [3.05, 3.63) is 16.4 Å². The molecule has 0 aromatic carbocycles. The molecule has 1 aromatic heterocycles. The van der Waals surface area contributed by atoms with Crippen LogP contribution < -0.4 is 5.32 Å². The molecule has 0 aliphatic carbocycles. The first-order chi connectivity index (χ1) is 8.51. The molecule has 0 radical (unpaired) electrons. The molecule has 7 heteroatoms. The topological polar surface area (TPSA) is 56.2 Å². The Balaban J connectivity index is 2.56. The van der Waals surface area contributed by atoms with Crippen molar-refractivity contribution >= 4 is 40.2 Å². The van der Waals surface area contributed by atoms with E-state index in [9.17, 15) is 4.79 Å². The molecule has 0 aliphatic rings. The van der Waals surface area contributed by atoms with Gasteiger partial charge in [-0.15, -0.1) is 0 Å². The first-order valence-corrected chi connectivity index (χ1v) is 7.28. The van der Waals surface area contributed by atoms with Crippen LogP contribution in [0.15, 0.2) is 0 Å². The van der Waals surface area contributed by atoms with Gasteiger partial charge in [0.2, 0.25) is 0 Å². The molecule has 1 rings (SSSR count). The third-order valence-electron chi connectivity index (χ3n) is 2.53. The SMILES string of the molecule is CCn1nc(C)c(Cl)c1CNCC(I)C(=O)OC. The molecule has 1 N–H and O–H groups in total. The van der Waals surface area contributed by atoms with E-state index in [4.69, 9.17) is 11.6 Å². The van der Waals surface area contributed by atoms with Gasteiger partial charge < -0.3 is 10.1 Å². The molecule has 0 saturated carbocycles. The minimum absolute atomic E-state index is 0.203. The Hall–Kier alpha value is -0.340. The lowest BCUT2D eigenvalue weighted by molar-refractivity contribution is -0.139. The third kappa shape index (κ3) is 3.83. The fraction of sp³-hybridized carbons (Fsp3) is 0.636. The molecule has 0 spiro atoms. The van der Waals surface area contributed by atoms with Gasteiger partial charge in [-0.2, -0.15) is 5.10 Å². The molecule has 0 aliphatic heterocycles. The number of esters is 1. The molecule has 0 bridgehead atoms. The van der Waals surface area contributed by atoms with Crippen molar-refractivity contribution in [2.75, 3.05) is 13.7 Å². The Morgan fingerprint density at radius 1 is 1.67 bits per heavy atom. The number of nitrogens with one attached hydrogen (secondary N) is 1. The van der Waals surface area contributed by atoms with E-state index in [1.54, 1.807) is 0 Å². The van der Waals surface area contributed by atoms with E-state index in [1.807, 2.05) is 41.1 Å². The smallest absolute Gasteiger partial charge is 0.319 e. The fourth-order valence-corrected chi connectivity index (χ4v) is 2.33. The zero-order valence-electron chi connectivity index (χ0n) is 10.7. The minimum Gasteiger partial charge on any atom is -0.468 e. The third-order valence-corrected chi connectivity index (χ3v) is 3.97. The van der Waals surface area contributed by atoms with Gasteiger partial charge >= 0.3 is 5.97 Å². The van der Waals surface area contributed by atoms with Gasteiger partial charge in [-0.3, -0.25) is 9.48 Å². The number of aryl methyl sites for hydroxylation is 2. The van der Waals surface area contributed by atoms with Gasteiger partial charge in [-0.25, -0.2) is 0 Å². The zero-order valence-corrected chi connectivity index (χ0v) is 13.6. The Morgan fingerprint density at radius 2 is 2.33 bits per heavy atom. The summed E-state index contributed by atoms with van der Waals surface area (Å²) in [5, 5.41) is 8.21. The highest BCUT2D eigenvalue weighted by molar-refractivity contribution is 14.1. The number of rotatable bonds is 6. The van der Waals surface area contributed by atoms with E-state index in [1.165, 1.54) is 7.11 Å². The van der Waals surface area contributed by atoms with Gasteiger partial charge in [0.15, 0.2) is 0 Å². The lowest BCUT2D eigenvalue weighted by Gasteiger charge is -2.10. The number of alkyl halides is 1. The normalized spacial score (nSPS) is 12.5. The Morgan fingerprint density at radius 3 is 2.89 bits per heavy atom. The maximum absolute atomic E-state index is 11.2. The molecular weight excluding hydrogens is 368 g/mol. The summed E-state index contributed by atoms with van der Waals surface area (Å²) < 4.78 is 6.32. The van der Waals surface area contributed by atoms with Crippen molar-refractivity contribution in [3.63, 3.8) is 0 Å². The molecule has 1 atom stereocenters. The van der Waals surface area contributed by atoms with Crippen LogP contribution in [-0.2, 0) is 22.6 Å². The van der Waals surface area contributed by atoms with Crippen LogP contribution in [0.25, 0.3) is 0 Å². The van der Waals surface area contributed by atoms with Crippen LogP contribution in [0.4, 0.5) is 0 Å². The Kier molecular flexibility index (Phi) is 6.37. The largest absolute Gasteiger partial charge is 0.468 e. The van der Waals surface area contributed by atoms with E-state index < -0.39 is 0 Å². The first-order valence-electron chi connectivity index (χ1n) is 5.65. The molecule has 18 heavy (non-hydrogen) atoms. The highest BCUT2D eigenvalue weighted by atomic mass is 127. The molecule has 5 nitrogen and oxygen atoms in total. The van der Waals surface area contributed by atoms with E-state index in [-0.39, 0.29) is 9.89 Å². The summed E-state index contributed by atoms with van der Waals surface area (Å²) in [7, 11) is 1.39. The summed E-state index contributed by atoms with van der Waals surface area (Å²) in [4.78, 5) is 11.2. The predicted octanol–water partition coefficient (Wildman–Crippen LogP) is 1.93. The molecule has 0 fully saturated rings. The predicted molar refractivity (Wildman–Crippen MR) is 79.2 cm³/mol. The lowest BCUT2D eigenvalue weighted by atomic mass is 10.3. The van der Waals surface area contributed by atoms with Gasteiger partial charge in [0.1, 0.15) is 3.92 Å². The Labute approximate surface area is 125 Å². The van der Waals surface area contributed by atoms with Crippen molar-refractivity contribution in [1.82, 2.24) is 15.1 Å². The number of carbonyl (C=O) groups excluding carboxylic acids is 1. The van der Waals surface area contributed by atoms with E-state index in [0.29, 0.717) is 18.1 Å². The van der Waals surface area contributed by atoms with Gasteiger partial charge in [-0.1, -0.05) is 34.2 Å². The zero-order chi connectivity index (χ0) is 13.7. The summed E-state index contributed by atoms with van der Waals surface area (Å²) in [6.45, 7) is 5.80. The first kappa shape index (κ1) is 15.7. The van der Waals surface area contributed by atoms with Gasteiger partial charge in [0.25, 0.3) is 0 Å². The molecular formula is C11H17ClIN3O2. The molecule has 102 valence electrons. The van der Waals surface area contributed by atoms with Gasteiger partial charge in [0.05, 0.1) is 23.5 Å². The summed E-state index contributed by atoms with van der Waals surface area (Å²) in [6.07, 6.45) is 0. The highest BCUT2D eigenvalue weighted by Gasteiger charge is 2.16. The highest BCUT2D eigenvalue weighted by Crippen LogP contribution is 2.20. The molecule has 0 saturated heterocycles. The fourth-order valence-electron chi connectivity index (χ4n) is 1.57. The lowest BCUT2D eigenvalue weighted by Crippen LogP contribution is -2.30. The molecule has 1 heterocycles. The Bertz CT molecular complexity index is 423. The quantitative estimate of drug-likeness (QED) is 0.462. The molecule has 0 amide bonds. The van der Waals surface area contributed by atoms with Crippen molar-refractivity contribution in [2.24, 2.45) is 0 Å². The number of methoxy groups -OCH3 is 1. The number of hydrogen-bond acceptors (Lipinski definition) is 4. The second kappa shape index (κ2) is 7.30. The molecule has 1 unspecified atom stereocenters. The van der Waals surface area contributed by atoms with Crippen LogP contribution in [-0.4, -0.2) is 33.3 Å². The summed E-state index contributed by atoms with van der Waals surface area (Å²) in [6, 6.07) is 0. The van der Waals surface area contributed by atoms with Crippen LogP contribution in [0.5, 0.6) is 0 Å². The van der Waals surface area contributed by atoms with Crippen molar-refractivity contribution in [2.45, 2.75) is 30.9 Å². The number of ether oxygens (including phenoxy) is 1. The van der Waals surface area contributed by atoms with Crippen molar-refractivity contribution < 1.29 is 9.53 Å². The van der Waals surface area contributed by atoms with Gasteiger partial charge in [-0.05, 0) is 13.8 Å². The van der Waals surface area contributed by atoms with Crippen molar-refractivity contribution in [1.29, 1.82) is 0 Å². The van der Waals surface area contributed by atoms with Crippen LogP contribution in [0.2, 0.25) is 5.02 Å². The monoisotopic (exact) mass is 385 g/mol. The number of nitrogens with zero attached hydrogens (tertiary/aromatic N) is 2. The van der Waals surface area contributed by atoms with E-state index >= 15 is 0 Å². The summed E-state index contributed by atoms with van der Waals surface area (Å²) in [5.74, 6) is -0.227. The summed E-state index contributed by atoms with van der Waals surface area (Å²) in [5.41, 5.74) is 1.78. The maximum atomic E-state index is 11.2.